The van der Waals surface area contributed by atoms with Crippen molar-refractivity contribution in [2.24, 2.45) is 0 Å². The summed E-state index contributed by atoms with van der Waals surface area (Å²) < 4.78 is 45.2. The van der Waals surface area contributed by atoms with Gasteiger partial charge in [-0.1, -0.05) is 23.7 Å². The van der Waals surface area contributed by atoms with Crippen molar-refractivity contribution in [2.75, 3.05) is 7.11 Å². The molecular weight excluding hydrogens is 299 g/mol. The quantitative estimate of drug-likeness (QED) is 0.796. The fourth-order valence-corrected chi connectivity index (χ4v) is 1.90. The van der Waals surface area contributed by atoms with Gasteiger partial charge in [0.25, 0.3) is 0 Å². The van der Waals surface area contributed by atoms with Gasteiger partial charge < -0.3 is 9.47 Å². The summed E-state index contributed by atoms with van der Waals surface area (Å²) in [6.45, 7) is 0. The van der Waals surface area contributed by atoms with Gasteiger partial charge in [0.2, 0.25) is 0 Å². The predicted molar refractivity (Wildman–Crippen MR) is 64.8 cm³/mol. The number of methoxy groups -OCH3 is 1. The van der Waals surface area contributed by atoms with Gasteiger partial charge in [-0.15, -0.1) is 13.2 Å². The maximum absolute atomic E-state index is 12.3. The third-order valence-corrected chi connectivity index (χ3v) is 2.83. The number of ether oxygens (including phenoxy) is 2. The highest BCUT2D eigenvalue weighted by Gasteiger charge is 2.32. The Morgan fingerprint density at radius 2 is 2.05 bits per heavy atom. The number of pyridine rings is 1. The average Bonchev–Trinajstić information content (AvgIpc) is 2.37. The second-order valence-electron chi connectivity index (χ2n) is 3.68. The first kappa shape index (κ1) is 14.4. The molecule has 1 aromatic carbocycles. The van der Waals surface area contributed by atoms with E-state index in [1.54, 1.807) is 0 Å². The summed E-state index contributed by atoms with van der Waals surface area (Å²) in [5.41, 5.74) is -0.131. The number of rotatable bonds is 2. The number of carbonyl (C=O) groups excluding carboxylic acids is 1. The Bertz CT molecular complexity index is 673. The van der Waals surface area contributed by atoms with Crippen LogP contribution in [0, 0.1) is 0 Å². The molecule has 0 unspecified atom stereocenters. The molecule has 0 fully saturated rings. The van der Waals surface area contributed by atoms with Gasteiger partial charge in [0, 0.05) is 11.6 Å². The topological polar surface area (TPSA) is 48.4 Å². The Hall–Kier alpha value is -2.02. The molecular formula is C12H7ClF3NO3. The van der Waals surface area contributed by atoms with E-state index in [1.165, 1.54) is 12.1 Å². The van der Waals surface area contributed by atoms with Crippen LogP contribution in [0.25, 0.3) is 10.9 Å². The molecule has 2 rings (SSSR count). The van der Waals surface area contributed by atoms with Crippen LogP contribution < -0.4 is 4.74 Å². The lowest BCUT2D eigenvalue weighted by atomic mass is 10.1. The van der Waals surface area contributed by atoms with Gasteiger partial charge >= 0.3 is 12.3 Å². The van der Waals surface area contributed by atoms with Crippen molar-refractivity contribution >= 4 is 28.5 Å². The largest absolute Gasteiger partial charge is 0.573 e. The summed E-state index contributed by atoms with van der Waals surface area (Å²) in [6.07, 6.45) is -3.80. The van der Waals surface area contributed by atoms with E-state index in [0.29, 0.717) is 0 Å². The summed E-state index contributed by atoms with van der Waals surface area (Å²) in [6, 6.07) is 3.86. The van der Waals surface area contributed by atoms with E-state index in [-0.39, 0.29) is 21.5 Å². The van der Waals surface area contributed by atoms with E-state index < -0.39 is 18.1 Å². The lowest BCUT2D eigenvalue weighted by Gasteiger charge is -2.12. The van der Waals surface area contributed by atoms with Crippen molar-refractivity contribution in [3.8, 4) is 5.75 Å². The van der Waals surface area contributed by atoms with Crippen molar-refractivity contribution in [2.45, 2.75) is 6.36 Å². The first-order valence-electron chi connectivity index (χ1n) is 5.25. The van der Waals surface area contributed by atoms with Crippen LogP contribution in [0.1, 0.15) is 10.4 Å². The van der Waals surface area contributed by atoms with Crippen molar-refractivity contribution in [3.63, 3.8) is 0 Å². The van der Waals surface area contributed by atoms with E-state index in [1.807, 2.05) is 0 Å². The van der Waals surface area contributed by atoms with Crippen LogP contribution in [-0.4, -0.2) is 24.4 Å². The molecule has 0 aliphatic heterocycles. The number of hydrogen-bond donors (Lipinski definition) is 0. The summed E-state index contributed by atoms with van der Waals surface area (Å²) in [7, 11) is 1.16. The number of benzene rings is 1. The molecule has 0 N–H and O–H groups in total. The minimum atomic E-state index is -4.84. The average molecular weight is 306 g/mol. The SMILES string of the molecule is COC(=O)c1cnc2c(OC(F)(F)F)cccc2c1Cl. The minimum absolute atomic E-state index is 0.0363. The number of fused-ring (bicyclic) bond motifs is 1. The summed E-state index contributed by atoms with van der Waals surface area (Å²) in [5.74, 6) is -1.22. The molecule has 0 saturated heterocycles. The number of alkyl halides is 3. The molecule has 4 nitrogen and oxygen atoms in total. The Kier molecular flexibility index (Phi) is 3.71. The van der Waals surface area contributed by atoms with Crippen LogP contribution in [0.3, 0.4) is 0 Å². The predicted octanol–water partition coefficient (Wildman–Crippen LogP) is 3.57. The van der Waals surface area contributed by atoms with Crippen molar-refractivity contribution in [3.05, 3.63) is 35.0 Å². The number of hydrogen-bond acceptors (Lipinski definition) is 4. The number of nitrogens with zero attached hydrogens (tertiary/aromatic N) is 1. The standard InChI is InChI=1S/C12H7ClF3NO3/c1-19-11(18)7-5-17-10-6(9(7)13)3-2-4-8(10)20-12(14,15)16/h2-5H,1H3. The summed E-state index contributed by atoms with van der Waals surface area (Å²) >= 11 is 5.98. The van der Waals surface area contributed by atoms with Crippen LogP contribution >= 0.6 is 11.6 Å². The van der Waals surface area contributed by atoms with Gasteiger partial charge in [-0.05, 0) is 6.07 Å². The first-order valence-corrected chi connectivity index (χ1v) is 5.62. The molecule has 20 heavy (non-hydrogen) atoms. The van der Waals surface area contributed by atoms with Gasteiger partial charge in [0.05, 0.1) is 17.7 Å². The zero-order chi connectivity index (χ0) is 14.9. The van der Waals surface area contributed by atoms with Crippen LogP contribution in [-0.2, 0) is 4.74 Å². The molecule has 0 aliphatic carbocycles. The molecule has 0 atom stereocenters. The Balaban J connectivity index is 2.61. The number of halogens is 4. The summed E-state index contributed by atoms with van der Waals surface area (Å²) in [4.78, 5) is 15.2. The second-order valence-corrected chi connectivity index (χ2v) is 4.06. The number of aromatic nitrogens is 1. The molecule has 106 valence electrons. The van der Waals surface area contributed by atoms with Gasteiger partial charge in [-0.3, -0.25) is 4.98 Å². The highest BCUT2D eigenvalue weighted by Crippen LogP contribution is 2.34. The van der Waals surface area contributed by atoms with Crippen LogP contribution in [0.5, 0.6) is 5.75 Å². The third kappa shape index (κ3) is 2.77. The van der Waals surface area contributed by atoms with E-state index in [9.17, 15) is 18.0 Å². The molecule has 0 aliphatic rings. The highest BCUT2D eigenvalue weighted by atomic mass is 35.5. The zero-order valence-electron chi connectivity index (χ0n) is 9.99. The third-order valence-electron chi connectivity index (χ3n) is 2.43. The molecule has 2 aromatic rings. The van der Waals surface area contributed by atoms with E-state index >= 15 is 0 Å². The smallest absolute Gasteiger partial charge is 0.465 e. The lowest BCUT2D eigenvalue weighted by Crippen LogP contribution is -2.17. The molecule has 0 bridgehead atoms. The van der Waals surface area contributed by atoms with E-state index in [4.69, 9.17) is 11.6 Å². The Morgan fingerprint density at radius 1 is 1.35 bits per heavy atom. The minimum Gasteiger partial charge on any atom is -0.465 e. The van der Waals surface area contributed by atoms with Gasteiger partial charge in [0.15, 0.2) is 5.75 Å². The van der Waals surface area contributed by atoms with Crippen LogP contribution in [0.4, 0.5) is 13.2 Å². The van der Waals surface area contributed by atoms with Crippen molar-refractivity contribution in [1.82, 2.24) is 4.98 Å². The lowest BCUT2D eigenvalue weighted by molar-refractivity contribution is -0.274. The molecule has 0 saturated carbocycles. The number of carbonyl (C=O) groups is 1. The Morgan fingerprint density at radius 3 is 2.65 bits per heavy atom. The molecule has 1 heterocycles. The van der Waals surface area contributed by atoms with Gasteiger partial charge in [-0.2, -0.15) is 0 Å². The number of para-hydroxylation sites is 1. The zero-order valence-corrected chi connectivity index (χ0v) is 10.7. The number of esters is 1. The van der Waals surface area contributed by atoms with Crippen LogP contribution in [0.15, 0.2) is 24.4 Å². The van der Waals surface area contributed by atoms with Crippen molar-refractivity contribution in [1.29, 1.82) is 0 Å². The second kappa shape index (κ2) is 5.16. The summed E-state index contributed by atoms with van der Waals surface area (Å²) in [5, 5.41) is 0.116. The molecule has 0 radical (unpaired) electrons. The monoisotopic (exact) mass is 305 g/mol. The van der Waals surface area contributed by atoms with E-state index in [0.717, 1.165) is 19.4 Å². The highest BCUT2D eigenvalue weighted by molar-refractivity contribution is 6.38. The molecule has 8 heteroatoms. The maximum Gasteiger partial charge on any atom is 0.573 e. The fraction of sp³-hybridized carbons (Fsp3) is 0.167. The van der Waals surface area contributed by atoms with Gasteiger partial charge in [-0.25, -0.2) is 4.79 Å². The van der Waals surface area contributed by atoms with Crippen molar-refractivity contribution < 1.29 is 27.4 Å². The fourth-order valence-electron chi connectivity index (χ4n) is 1.62. The maximum atomic E-state index is 12.3. The normalized spacial score (nSPS) is 11.4. The Labute approximate surface area is 116 Å². The first-order chi connectivity index (χ1) is 9.33. The molecule has 0 amide bonds. The van der Waals surface area contributed by atoms with Gasteiger partial charge in [0.1, 0.15) is 5.52 Å². The van der Waals surface area contributed by atoms with E-state index in [2.05, 4.69) is 14.5 Å². The molecule has 0 spiro atoms. The molecule has 1 aromatic heterocycles. The van der Waals surface area contributed by atoms with Crippen LogP contribution in [0.2, 0.25) is 5.02 Å².